The Balaban J connectivity index is 1.89. The molecule has 0 saturated carbocycles. The van der Waals surface area contributed by atoms with E-state index in [0.717, 1.165) is 19.3 Å². The molecule has 1 aromatic heterocycles. The molecule has 0 aliphatic heterocycles. The zero-order valence-electron chi connectivity index (χ0n) is 9.65. The lowest BCUT2D eigenvalue weighted by Gasteiger charge is -1.97. The number of aromatic nitrogens is 1. The molecule has 0 unspecified atom stereocenters. The fourth-order valence-corrected chi connectivity index (χ4v) is 2.56. The molecule has 0 atom stereocenters. The molecule has 0 fully saturated rings. The summed E-state index contributed by atoms with van der Waals surface area (Å²) >= 11 is 1.80. The molecule has 0 N–H and O–H groups in total. The van der Waals surface area contributed by atoms with Gasteiger partial charge in [-0.1, -0.05) is 43.7 Å². The lowest BCUT2D eigenvalue weighted by atomic mass is 10.1. The smallest absolute Gasteiger partial charge is 0.0931 e. The fourth-order valence-electron chi connectivity index (χ4n) is 1.73. The third kappa shape index (κ3) is 3.17. The van der Waals surface area contributed by atoms with Crippen molar-refractivity contribution in [3.63, 3.8) is 0 Å². The lowest BCUT2D eigenvalue weighted by Crippen LogP contribution is -1.91. The molecule has 0 aliphatic carbocycles. The van der Waals surface area contributed by atoms with Crippen LogP contribution in [0.15, 0.2) is 35.7 Å². The van der Waals surface area contributed by atoms with Gasteiger partial charge in [-0.05, 0) is 18.4 Å². The summed E-state index contributed by atoms with van der Waals surface area (Å²) in [7, 11) is 0. The SMILES string of the molecule is CCCc1csc(CCc2ccccc2)n1. The van der Waals surface area contributed by atoms with Gasteiger partial charge in [-0.3, -0.25) is 0 Å². The Morgan fingerprint density at radius 2 is 1.88 bits per heavy atom. The van der Waals surface area contributed by atoms with Gasteiger partial charge in [0.2, 0.25) is 0 Å². The van der Waals surface area contributed by atoms with E-state index in [2.05, 4.69) is 47.6 Å². The predicted molar refractivity (Wildman–Crippen MR) is 70.0 cm³/mol. The molecule has 16 heavy (non-hydrogen) atoms. The summed E-state index contributed by atoms with van der Waals surface area (Å²) in [5.74, 6) is 0. The van der Waals surface area contributed by atoms with Gasteiger partial charge in [-0.15, -0.1) is 11.3 Å². The Labute approximate surface area is 101 Å². The van der Waals surface area contributed by atoms with E-state index in [1.165, 1.54) is 22.7 Å². The number of thiazole rings is 1. The van der Waals surface area contributed by atoms with Crippen molar-refractivity contribution >= 4 is 11.3 Å². The summed E-state index contributed by atoms with van der Waals surface area (Å²) in [6, 6.07) is 10.6. The normalized spacial score (nSPS) is 10.6. The van der Waals surface area contributed by atoms with Crippen molar-refractivity contribution in [2.45, 2.75) is 32.6 Å². The van der Waals surface area contributed by atoms with Crippen LogP contribution in [0.25, 0.3) is 0 Å². The summed E-state index contributed by atoms with van der Waals surface area (Å²) in [6.07, 6.45) is 4.46. The third-order valence-electron chi connectivity index (χ3n) is 2.58. The van der Waals surface area contributed by atoms with Crippen LogP contribution in [-0.2, 0) is 19.3 Å². The highest BCUT2D eigenvalue weighted by molar-refractivity contribution is 7.09. The number of hydrogen-bond donors (Lipinski definition) is 0. The molecule has 0 amide bonds. The highest BCUT2D eigenvalue weighted by atomic mass is 32.1. The first-order valence-corrected chi connectivity index (χ1v) is 6.73. The van der Waals surface area contributed by atoms with E-state index >= 15 is 0 Å². The van der Waals surface area contributed by atoms with Crippen LogP contribution in [0.3, 0.4) is 0 Å². The maximum absolute atomic E-state index is 4.63. The van der Waals surface area contributed by atoms with Crippen molar-refractivity contribution in [1.82, 2.24) is 4.98 Å². The van der Waals surface area contributed by atoms with Crippen LogP contribution in [0, 0.1) is 0 Å². The number of rotatable bonds is 5. The molecule has 2 aromatic rings. The molecule has 0 radical (unpaired) electrons. The largest absolute Gasteiger partial charge is 0.246 e. The van der Waals surface area contributed by atoms with Gasteiger partial charge in [0.25, 0.3) is 0 Å². The average Bonchev–Trinajstić information content (AvgIpc) is 2.76. The van der Waals surface area contributed by atoms with E-state index in [0.29, 0.717) is 0 Å². The van der Waals surface area contributed by atoms with Gasteiger partial charge in [0.1, 0.15) is 0 Å². The Hall–Kier alpha value is -1.15. The van der Waals surface area contributed by atoms with Crippen molar-refractivity contribution in [1.29, 1.82) is 0 Å². The van der Waals surface area contributed by atoms with Crippen LogP contribution in [-0.4, -0.2) is 4.98 Å². The number of hydrogen-bond acceptors (Lipinski definition) is 2. The van der Waals surface area contributed by atoms with Gasteiger partial charge in [-0.2, -0.15) is 0 Å². The Morgan fingerprint density at radius 3 is 2.62 bits per heavy atom. The van der Waals surface area contributed by atoms with Crippen molar-refractivity contribution in [3.05, 3.63) is 52.0 Å². The third-order valence-corrected chi connectivity index (χ3v) is 3.53. The van der Waals surface area contributed by atoms with Gasteiger partial charge in [0.15, 0.2) is 0 Å². The summed E-state index contributed by atoms with van der Waals surface area (Å²) in [5.41, 5.74) is 2.66. The van der Waals surface area contributed by atoms with E-state index < -0.39 is 0 Å². The first-order chi connectivity index (χ1) is 7.88. The molecule has 0 aliphatic rings. The van der Waals surface area contributed by atoms with E-state index in [1.807, 2.05) is 0 Å². The van der Waals surface area contributed by atoms with Gasteiger partial charge < -0.3 is 0 Å². The molecular formula is C14H17NS. The quantitative estimate of drug-likeness (QED) is 0.761. The van der Waals surface area contributed by atoms with Crippen molar-refractivity contribution in [3.8, 4) is 0 Å². The fraction of sp³-hybridized carbons (Fsp3) is 0.357. The Bertz CT molecular complexity index is 419. The van der Waals surface area contributed by atoms with Crippen LogP contribution >= 0.6 is 11.3 Å². The molecule has 0 saturated heterocycles. The number of nitrogens with zero attached hydrogens (tertiary/aromatic N) is 1. The molecule has 84 valence electrons. The molecule has 1 heterocycles. The Morgan fingerprint density at radius 1 is 1.06 bits per heavy atom. The van der Waals surface area contributed by atoms with Gasteiger partial charge in [-0.25, -0.2) is 4.98 Å². The second-order valence-corrected chi connectivity index (χ2v) is 4.91. The summed E-state index contributed by atoms with van der Waals surface area (Å²) in [4.78, 5) is 4.63. The minimum atomic E-state index is 1.07. The first-order valence-electron chi connectivity index (χ1n) is 5.85. The standard InChI is InChI=1S/C14H17NS/c1-2-6-13-11-16-14(15-13)10-9-12-7-4-3-5-8-12/h3-5,7-8,11H,2,6,9-10H2,1H3. The van der Waals surface area contributed by atoms with Gasteiger partial charge in [0.05, 0.1) is 10.7 Å². The first kappa shape index (κ1) is 11.3. The van der Waals surface area contributed by atoms with Crippen molar-refractivity contribution < 1.29 is 0 Å². The minimum absolute atomic E-state index is 1.07. The topological polar surface area (TPSA) is 12.9 Å². The van der Waals surface area contributed by atoms with Gasteiger partial charge >= 0.3 is 0 Å². The number of aryl methyl sites for hydroxylation is 3. The van der Waals surface area contributed by atoms with Crippen LogP contribution in [0.4, 0.5) is 0 Å². The lowest BCUT2D eigenvalue weighted by molar-refractivity contribution is 0.867. The predicted octanol–water partition coefficient (Wildman–Crippen LogP) is 3.88. The van der Waals surface area contributed by atoms with Crippen molar-refractivity contribution in [2.75, 3.05) is 0 Å². The monoisotopic (exact) mass is 231 g/mol. The zero-order valence-corrected chi connectivity index (χ0v) is 10.5. The van der Waals surface area contributed by atoms with Crippen LogP contribution in [0.2, 0.25) is 0 Å². The molecule has 0 bridgehead atoms. The maximum atomic E-state index is 4.63. The maximum Gasteiger partial charge on any atom is 0.0931 e. The highest BCUT2D eigenvalue weighted by Gasteiger charge is 2.01. The van der Waals surface area contributed by atoms with E-state index in [-0.39, 0.29) is 0 Å². The van der Waals surface area contributed by atoms with Gasteiger partial charge in [0, 0.05) is 11.8 Å². The Kier molecular flexibility index (Phi) is 4.11. The second kappa shape index (κ2) is 5.80. The minimum Gasteiger partial charge on any atom is -0.246 e. The van der Waals surface area contributed by atoms with Crippen molar-refractivity contribution in [2.24, 2.45) is 0 Å². The van der Waals surface area contributed by atoms with Crippen LogP contribution in [0.1, 0.15) is 29.6 Å². The molecule has 0 spiro atoms. The molecule has 1 aromatic carbocycles. The molecular weight excluding hydrogens is 214 g/mol. The summed E-state index contributed by atoms with van der Waals surface area (Å²) in [6.45, 7) is 2.20. The molecule has 2 rings (SSSR count). The summed E-state index contributed by atoms with van der Waals surface area (Å²) < 4.78 is 0. The highest BCUT2D eigenvalue weighted by Crippen LogP contribution is 2.14. The van der Waals surface area contributed by atoms with Crippen LogP contribution < -0.4 is 0 Å². The molecule has 1 nitrogen and oxygen atoms in total. The molecule has 2 heteroatoms. The number of benzene rings is 1. The average molecular weight is 231 g/mol. The van der Waals surface area contributed by atoms with Crippen LogP contribution in [0.5, 0.6) is 0 Å². The summed E-state index contributed by atoms with van der Waals surface area (Å²) in [5, 5.41) is 3.47. The van der Waals surface area contributed by atoms with E-state index in [1.54, 1.807) is 11.3 Å². The van der Waals surface area contributed by atoms with E-state index in [9.17, 15) is 0 Å². The zero-order chi connectivity index (χ0) is 11.2. The van der Waals surface area contributed by atoms with E-state index in [4.69, 9.17) is 0 Å². The second-order valence-electron chi connectivity index (χ2n) is 3.97.